The second kappa shape index (κ2) is 8.43. The number of morpholine rings is 1. The molecule has 2 fully saturated rings. The number of ether oxygens (including phenoxy) is 1. The van der Waals surface area contributed by atoms with Crippen LogP contribution in [0.2, 0.25) is 0 Å². The Balaban J connectivity index is 1.55. The van der Waals surface area contributed by atoms with Gasteiger partial charge in [0.05, 0.1) is 19.3 Å². The van der Waals surface area contributed by atoms with E-state index in [0.29, 0.717) is 6.54 Å². The highest BCUT2D eigenvalue weighted by Gasteiger charge is 2.20. The second-order valence-electron chi connectivity index (χ2n) is 6.38. The zero-order valence-electron chi connectivity index (χ0n) is 13.7. The van der Waals surface area contributed by atoms with Crippen molar-refractivity contribution in [2.45, 2.75) is 38.4 Å². The first kappa shape index (κ1) is 16.4. The van der Waals surface area contributed by atoms with Gasteiger partial charge >= 0.3 is 0 Å². The third-order valence-corrected chi connectivity index (χ3v) is 4.70. The number of hydrogen-bond acceptors (Lipinski definition) is 4. The average molecular weight is 317 g/mol. The van der Waals surface area contributed by atoms with Crippen molar-refractivity contribution in [2.75, 3.05) is 32.8 Å². The highest BCUT2D eigenvalue weighted by atomic mass is 16.5. The Bertz CT molecular complexity index is 509. The lowest BCUT2D eigenvalue weighted by molar-refractivity contribution is -0.123. The van der Waals surface area contributed by atoms with Crippen LogP contribution in [0.25, 0.3) is 0 Å². The lowest BCUT2D eigenvalue weighted by atomic mass is 10.0. The van der Waals surface area contributed by atoms with Crippen molar-refractivity contribution in [1.82, 2.24) is 15.5 Å². The molecule has 1 amide bonds. The van der Waals surface area contributed by atoms with Crippen LogP contribution in [0, 0.1) is 0 Å². The Hall–Kier alpha value is -1.43. The van der Waals surface area contributed by atoms with Crippen molar-refractivity contribution in [3.63, 3.8) is 0 Å². The van der Waals surface area contributed by atoms with E-state index in [1.807, 2.05) is 6.07 Å². The van der Waals surface area contributed by atoms with Gasteiger partial charge in [0.1, 0.15) is 0 Å². The molecule has 0 spiro atoms. The third kappa shape index (κ3) is 4.77. The minimum Gasteiger partial charge on any atom is -0.379 e. The molecule has 2 heterocycles. The molecule has 23 heavy (non-hydrogen) atoms. The van der Waals surface area contributed by atoms with Crippen LogP contribution in [0.4, 0.5) is 0 Å². The predicted octanol–water partition coefficient (Wildman–Crippen LogP) is 1.28. The van der Waals surface area contributed by atoms with Gasteiger partial charge < -0.3 is 15.4 Å². The van der Waals surface area contributed by atoms with E-state index in [2.05, 4.69) is 33.7 Å². The van der Waals surface area contributed by atoms with Gasteiger partial charge in [-0.3, -0.25) is 9.69 Å². The molecular weight excluding hydrogens is 290 g/mol. The first-order chi connectivity index (χ1) is 11.3. The number of nitrogens with zero attached hydrogens (tertiary/aromatic N) is 1. The first-order valence-corrected chi connectivity index (χ1v) is 8.71. The Kier molecular flexibility index (Phi) is 6.02. The molecule has 0 bridgehead atoms. The fourth-order valence-electron chi connectivity index (χ4n) is 3.27. The summed E-state index contributed by atoms with van der Waals surface area (Å²) in [6, 6.07) is 8.38. The number of carbonyl (C=O) groups is 1. The van der Waals surface area contributed by atoms with Crippen LogP contribution in [-0.4, -0.2) is 49.7 Å². The van der Waals surface area contributed by atoms with Crippen LogP contribution in [0.1, 0.15) is 30.4 Å². The van der Waals surface area contributed by atoms with E-state index in [1.54, 1.807) is 0 Å². The molecule has 0 unspecified atom stereocenters. The number of piperidine rings is 1. The van der Waals surface area contributed by atoms with Crippen molar-refractivity contribution in [3.05, 3.63) is 35.4 Å². The zero-order chi connectivity index (χ0) is 15.9. The van der Waals surface area contributed by atoms with Crippen molar-refractivity contribution in [1.29, 1.82) is 0 Å². The smallest absolute Gasteiger partial charge is 0.237 e. The summed E-state index contributed by atoms with van der Waals surface area (Å²) in [7, 11) is 0. The standard InChI is InChI=1S/C18H27N3O2/c22-18(17-7-3-4-8-19-17)20-13-15-5-1-2-6-16(15)14-21-9-11-23-12-10-21/h1-2,5-6,17,19H,3-4,7-14H2,(H,20,22)/t17-/m0/s1. The van der Waals surface area contributed by atoms with Gasteiger partial charge in [0.25, 0.3) is 0 Å². The van der Waals surface area contributed by atoms with Gasteiger partial charge in [-0.1, -0.05) is 30.7 Å². The minimum atomic E-state index is -0.0184. The van der Waals surface area contributed by atoms with E-state index < -0.39 is 0 Å². The number of rotatable bonds is 5. The Morgan fingerprint density at radius 2 is 2.00 bits per heavy atom. The number of amides is 1. The fourth-order valence-corrected chi connectivity index (χ4v) is 3.27. The fraction of sp³-hybridized carbons (Fsp3) is 0.611. The van der Waals surface area contributed by atoms with Gasteiger partial charge in [0.15, 0.2) is 0 Å². The summed E-state index contributed by atoms with van der Waals surface area (Å²) >= 11 is 0. The van der Waals surface area contributed by atoms with E-state index in [9.17, 15) is 4.79 Å². The molecule has 2 aliphatic rings. The summed E-state index contributed by atoms with van der Waals surface area (Å²) in [6.07, 6.45) is 3.26. The lowest BCUT2D eigenvalue weighted by Crippen LogP contribution is -2.46. The Labute approximate surface area is 138 Å². The van der Waals surface area contributed by atoms with Gasteiger partial charge in [-0.05, 0) is 30.5 Å². The first-order valence-electron chi connectivity index (χ1n) is 8.71. The van der Waals surface area contributed by atoms with Crippen LogP contribution in [0.15, 0.2) is 24.3 Å². The molecule has 2 N–H and O–H groups in total. The van der Waals surface area contributed by atoms with E-state index in [0.717, 1.165) is 52.2 Å². The largest absolute Gasteiger partial charge is 0.379 e. The summed E-state index contributed by atoms with van der Waals surface area (Å²) in [4.78, 5) is 14.7. The molecule has 0 saturated carbocycles. The van der Waals surface area contributed by atoms with Crippen LogP contribution >= 0.6 is 0 Å². The SMILES string of the molecule is O=C(NCc1ccccc1CN1CCOCC1)[C@@H]1CCCCN1. The Morgan fingerprint density at radius 3 is 2.74 bits per heavy atom. The molecule has 2 saturated heterocycles. The monoisotopic (exact) mass is 317 g/mol. The second-order valence-corrected chi connectivity index (χ2v) is 6.38. The molecule has 1 aromatic carbocycles. The normalized spacial score (nSPS) is 22.7. The molecular formula is C18H27N3O2. The number of carbonyl (C=O) groups excluding carboxylic acids is 1. The maximum absolute atomic E-state index is 12.3. The molecule has 0 aromatic heterocycles. The van der Waals surface area contributed by atoms with Crippen molar-refractivity contribution in [3.8, 4) is 0 Å². The lowest BCUT2D eigenvalue weighted by Gasteiger charge is -2.27. The Morgan fingerprint density at radius 1 is 1.22 bits per heavy atom. The van der Waals surface area contributed by atoms with Crippen molar-refractivity contribution in [2.24, 2.45) is 0 Å². The number of nitrogens with one attached hydrogen (secondary N) is 2. The van der Waals surface area contributed by atoms with Crippen molar-refractivity contribution >= 4 is 5.91 Å². The topological polar surface area (TPSA) is 53.6 Å². The van der Waals surface area contributed by atoms with Crippen LogP contribution in [0.5, 0.6) is 0 Å². The molecule has 0 aliphatic carbocycles. The summed E-state index contributed by atoms with van der Waals surface area (Å²) in [5.41, 5.74) is 2.51. The average Bonchev–Trinajstić information content (AvgIpc) is 2.62. The van der Waals surface area contributed by atoms with Gasteiger partial charge in [0.2, 0.25) is 5.91 Å². The molecule has 1 aromatic rings. The summed E-state index contributed by atoms with van der Waals surface area (Å²) in [6.45, 7) is 6.07. The molecule has 5 heteroatoms. The van der Waals surface area contributed by atoms with Crippen molar-refractivity contribution < 1.29 is 9.53 Å². The number of hydrogen-bond donors (Lipinski definition) is 2. The minimum absolute atomic E-state index is 0.0184. The maximum Gasteiger partial charge on any atom is 0.237 e. The summed E-state index contributed by atoms with van der Waals surface area (Å²) in [5.74, 6) is 0.130. The molecule has 126 valence electrons. The highest BCUT2D eigenvalue weighted by Crippen LogP contribution is 2.13. The van der Waals surface area contributed by atoms with Gasteiger partial charge in [-0.2, -0.15) is 0 Å². The molecule has 5 nitrogen and oxygen atoms in total. The molecule has 3 rings (SSSR count). The van der Waals surface area contributed by atoms with Crippen LogP contribution in [0.3, 0.4) is 0 Å². The number of benzene rings is 1. The summed E-state index contributed by atoms with van der Waals surface area (Å²) < 4.78 is 5.41. The predicted molar refractivity (Wildman–Crippen MR) is 90.0 cm³/mol. The highest BCUT2D eigenvalue weighted by molar-refractivity contribution is 5.81. The molecule has 0 radical (unpaired) electrons. The van der Waals surface area contributed by atoms with Crippen LogP contribution in [-0.2, 0) is 22.6 Å². The van der Waals surface area contributed by atoms with E-state index in [4.69, 9.17) is 4.74 Å². The van der Waals surface area contributed by atoms with E-state index >= 15 is 0 Å². The zero-order valence-corrected chi connectivity index (χ0v) is 13.7. The van der Waals surface area contributed by atoms with E-state index in [-0.39, 0.29) is 11.9 Å². The van der Waals surface area contributed by atoms with Crippen LogP contribution < -0.4 is 10.6 Å². The molecule has 1 atom stereocenters. The summed E-state index contributed by atoms with van der Waals surface area (Å²) in [5, 5.41) is 6.40. The van der Waals surface area contributed by atoms with Gasteiger partial charge in [0, 0.05) is 26.2 Å². The van der Waals surface area contributed by atoms with Gasteiger partial charge in [-0.25, -0.2) is 0 Å². The third-order valence-electron chi connectivity index (χ3n) is 4.70. The quantitative estimate of drug-likeness (QED) is 0.859. The maximum atomic E-state index is 12.3. The van der Waals surface area contributed by atoms with Gasteiger partial charge in [-0.15, -0.1) is 0 Å². The van der Waals surface area contributed by atoms with E-state index in [1.165, 1.54) is 17.5 Å². The molecule has 2 aliphatic heterocycles.